The third-order valence-corrected chi connectivity index (χ3v) is 4.52. The van der Waals surface area contributed by atoms with Gasteiger partial charge in [-0.05, 0) is 18.8 Å². The lowest BCUT2D eigenvalue weighted by atomic mass is 10.0. The highest BCUT2D eigenvalue weighted by molar-refractivity contribution is 7.80. The lowest BCUT2D eigenvalue weighted by molar-refractivity contribution is -0.143. The third-order valence-electron chi connectivity index (χ3n) is 4.15. The van der Waals surface area contributed by atoms with Gasteiger partial charge in [0.25, 0.3) is 0 Å². The molecule has 32 heavy (non-hydrogen) atoms. The molecule has 0 fully saturated rings. The number of carboxylic acid groups (broad SMARTS) is 3. The number of hydrogen-bond donors (Lipinski definition) is 8. The van der Waals surface area contributed by atoms with Crippen molar-refractivity contribution in [1.29, 1.82) is 0 Å². The van der Waals surface area contributed by atoms with Gasteiger partial charge in [-0.25, -0.2) is 4.79 Å². The molecule has 0 spiro atoms. The fourth-order valence-corrected chi connectivity index (χ4v) is 2.75. The summed E-state index contributed by atoms with van der Waals surface area (Å²) in [6, 6.07) is -5.41. The first kappa shape index (κ1) is 29.1. The van der Waals surface area contributed by atoms with E-state index in [1.807, 2.05) is 0 Å². The highest BCUT2D eigenvalue weighted by Crippen LogP contribution is 2.08. The van der Waals surface area contributed by atoms with Gasteiger partial charge < -0.3 is 37.0 Å². The van der Waals surface area contributed by atoms with E-state index in [-0.39, 0.29) is 30.9 Å². The van der Waals surface area contributed by atoms with Crippen LogP contribution in [0.25, 0.3) is 0 Å². The molecule has 0 aromatic rings. The molecule has 13 nitrogen and oxygen atoms in total. The summed E-state index contributed by atoms with van der Waals surface area (Å²) in [6.45, 7) is 3.50. The van der Waals surface area contributed by atoms with Crippen LogP contribution in [0.5, 0.6) is 0 Å². The summed E-state index contributed by atoms with van der Waals surface area (Å²) < 4.78 is 0. The first-order chi connectivity index (χ1) is 14.8. The maximum Gasteiger partial charge on any atom is 0.327 e. The molecule has 0 heterocycles. The molecular formula is C18H30N4O9S. The van der Waals surface area contributed by atoms with Crippen LogP contribution < -0.4 is 21.7 Å². The van der Waals surface area contributed by atoms with Crippen LogP contribution in [0.15, 0.2) is 0 Å². The molecule has 4 unspecified atom stereocenters. The van der Waals surface area contributed by atoms with Gasteiger partial charge in [0.15, 0.2) is 0 Å². The second-order valence-corrected chi connectivity index (χ2v) is 7.84. The molecule has 0 saturated heterocycles. The van der Waals surface area contributed by atoms with E-state index in [0.29, 0.717) is 0 Å². The Hall–Kier alpha value is -2.87. The zero-order valence-corrected chi connectivity index (χ0v) is 18.6. The van der Waals surface area contributed by atoms with E-state index in [1.165, 1.54) is 0 Å². The van der Waals surface area contributed by atoms with Gasteiger partial charge in [0, 0.05) is 12.2 Å². The molecule has 4 atom stereocenters. The fourth-order valence-electron chi connectivity index (χ4n) is 2.51. The lowest BCUT2D eigenvalue weighted by Crippen LogP contribution is -2.58. The van der Waals surface area contributed by atoms with Crippen molar-refractivity contribution in [3.63, 3.8) is 0 Å². The van der Waals surface area contributed by atoms with Crippen molar-refractivity contribution in [1.82, 2.24) is 16.0 Å². The van der Waals surface area contributed by atoms with E-state index in [0.717, 1.165) is 0 Å². The van der Waals surface area contributed by atoms with Crippen molar-refractivity contribution in [2.45, 2.75) is 63.7 Å². The predicted molar refractivity (Wildman–Crippen MR) is 114 cm³/mol. The zero-order valence-electron chi connectivity index (χ0n) is 17.7. The molecule has 0 bridgehead atoms. The normalized spacial score (nSPS) is 14.5. The van der Waals surface area contributed by atoms with Crippen molar-refractivity contribution in [2.24, 2.45) is 11.7 Å². The van der Waals surface area contributed by atoms with Crippen molar-refractivity contribution in [3.8, 4) is 0 Å². The van der Waals surface area contributed by atoms with E-state index in [1.54, 1.807) is 13.8 Å². The van der Waals surface area contributed by atoms with Crippen molar-refractivity contribution in [2.75, 3.05) is 5.75 Å². The molecule has 8 N–H and O–H groups in total. The average Bonchev–Trinajstić information content (AvgIpc) is 2.67. The zero-order chi connectivity index (χ0) is 25.0. The van der Waals surface area contributed by atoms with Gasteiger partial charge in [-0.3, -0.25) is 24.0 Å². The molecule has 3 amide bonds. The Kier molecular flexibility index (Phi) is 13.0. The minimum Gasteiger partial charge on any atom is -0.481 e. The minimum atomic E-state index is -1.62. The summed E-state index contributed by atoms with van der Waals surface area (Å²) in [4.78, 5) is 70.2. The molecule has 0 aliphatic heterocycles. The number of hydrogen-bond acceptors (Lipinski definition) is 8. The van der Waals surface area contributed by atoms with Crippen LogP contribution >= 0.6 is 12.6 Å². The van der Waals surface area contributed by atoms with Crippen molar-refractivity contribution in [3.05, 3.63) is 0 Å². The summed E-state index contributed by atoms with van der Waals surface area (Å²) in [7, 11) is 0. The number of rotatable bonds is 15. The van der Waals surface area contributed by atoms with Crippen LogP contribution in [-0.2, 0) is 28.8 Å². The highest BCUT2D eigenvalue weighted by Gasteiger charge is 2.31. The highest BCUT2D eigenvalue weighted by atomic mass is 32.1. The Morgan fingerprint density at radius 2 is 1.31 bits per heavy atom. The predicted octanol–water partition coefficient (Wildman–Crippen LogP) is -1.83. The Morgan fingerprint density at radius 3 is 1.75 bits per heavy atom. The summed E-state index contributed by atoms with van der Waals surface area (Å²) in [6.07, 6.45) is -1.25. The van der Waals surface area contributed by atoms with Gasteiger partial charge >= 0.3 is 17.9 Å². The lowest BCUT2D eigenvalue weighted by Gasteiger charge is -2.25. The Bertz CT molecular complexity index is 717. The van der Waals surface area contributed by atoms with E-state index in [2.05, 4.69) is 28.6 Å². The molecular weight excluding hydrogens is 448 g/mol. The second-order valence-electron chi connectivity index (χ2n) is 7.47. The largest absolute Gasteiger partial charge is 0.481 e. The maximum atomic E-state index is 12.7. The van der Waals surface area contributed by atoms with Gasteiger partial charge in [-0.2, -0.15) is 12.6 Å². The van der Waals surface area contributed by atoms with E-state index < -0.39 is 66.2 Å². The summed E-state index contributed by atoms with van der Waals surface area (Å²) in [5.74, 6) is -7.05. The van der Waals surface area contributed by atoms with Crippen LogP contribution in [0.4, 0.5) is 0 Å². The molecule has 0 aliphatic carbocycles. The summed E-state index contributed by atoms with van der Waals surface area (Å²) in [5, 5.41) is 33.5. The van der Waals surface area contributed by atoms with Crippen LogP contribution in [0.1, 0.15) is 39.5 Å². The number of carbonyl (C=O) groups is 6. The molecule has 0 radical (unpaired) electrons. The first-order valence-corrected chi connectivity index (χ1v) is 10.4. The number of aliphatic carboxylic acids is 3. The van der Waals surface area contributed by atoms with Crippen LogP contribution in [-0.4, -0.2) is 80.9 Å². The number of carbonyl (C=O) groups excluding carboxylic acids is 3. The number of thiol groups is 1. The molecule has 0 aliphatic rings. The van der Waals surface area contributed by atoms with Crippen molar-refractivity contribution < 1.29 is 44.1 Å². The minimum absolute atomic E-state index is 0.103. The smallest absolute Gasteiger partial charge is 0.327 e. The van der Waals surface area contributed by atoms with E-state index in [9.17, 15) is 28.8 Å². The number of amides is 3. The Labute approximate surface area is 189 Å². The van der Waals surface area contributed by atoms with Gasteiger partial charge in [0.2, 0.25) is 17.7 Å². The number of nitrogens with two attached hydrogens (primary N) is 1. The maximum absolute atomic E-state index is 12.7. The SMILES string of the molecule is CC(C)CC(NC(=O)C(N)CCC(=O)O)C(=O)NC(CC(=O)O)C(=O)NC(CS)C(=O)O. The van der Waals surface area contributed by atoms with Gasteiger partial charge in [-0.1, -0.05) is 13.8 Å². The molecule has 14 heteroatoms. The molecule has 0 aromatic heterocycles. The Balaban J connectivity index is 5.41. The third kappa shape index (κ3) is 11.5. The van der Waals surface area contributed by atoms with Crippen LogP contribution in [0, 0.1) is 5.92 Å². The first-order valence-electron chi connectivity index (χ1n) is 9.72. The number of carboxylic acids is 3. The van der Waals surface area contributed by atoms with Crippen LogP contribution in [0.2, 0.25) is 0 Å². The van der Waals surface area contributed by atoms with Crippen LogP contribution in [0.3, 0.4) is 0 Å². The van der Waals surface area contributed by atoms with E-state index in [4.69, 9.17) is 21.1 Å². The topological polar surface area (TPSA) is 225 Å². The molecule has 182 valence electrons. The van der Waals surface area contributed by atoms with Gasteiger partial charge in [0.05, 0.1) is 12.5 Å². The summed E-state index contributed by atoms with van der Waals surface area (Å²) >= 11 is 3.80. The molecule has 0 saturated carbocycles. The second kappa shape index (κ2) is 14.2. The van der Waals surface area contributed by atoms with E-state index >= 15 is 0 Å². The number of nitrogens with one attached hydrogen (secondary N) is 3. The standard InChI is InChI=1S/C18H30N4O9S/c1-8(2)5-10(20-15(27)9(19)3-4-13(23)24)16(28)21-11(6-14(25)26)17(29)22-12(7-32)18(30)31/h8-12,32H,3-7,19H2,1-2H3,(H,20,27)(H,21,28)(H,22,29)(H,23,24)(H,25,26)(H,30,31). The quantitative estimate of drug-likeness (QED) is 0.123. The summed E-state index contributed by atoms with van der Waals surface area (Å²) in [5.41, 5.74) is 5.65. The Morgan fingerprint density at radius 1 is 0.812 bits per heavy atom. The fraction of sp³-hybridized carbons (Fsp3) is 0.667. The average molecular weight is 479 g/mol. The van der Waals surface area contributed by atoms with Gasteiger partial charge in [0.1, 0.15) is 18.1 Å². The van der Waals surface area contributed by atoms with Gasteiger partial charge in [-0.15, -0.1) is 0 Å². The molecule has 0 aromatic carbocycles. The molecule has 0 rings (SSSR count). The monoisotopic (exact) mass is 478 g/mol. The van der Waals surface area contributed by atoms with Crippen molar-refractivity contribution >= 4 is 48.3 Å².